The lowest BCUT2D eigenvalue weighted by molar-refractivity contribution is 0.0932. The molecule has 84 valence electrons. The van der Waals surface area contributed by atoms with Crippen molar-refractivity contribution >= 4 is 21.8 Å². The second kappa shape index (κ2) is 5.85. The summed E-state index contributed by atoms with van der Waals surface area (Å²) in [6.45, 7) is 4.25. The van der Waals surface area contributed by atoms with E-state index in [0.29, 0.717) is 11.6 Å². The summed E-state index contributed by atoms with van der Waals surface area (Å²) >= 11 is 3.38. The molecule has 0 saturated carbocycles. The highest BCUT2D eigenvalue weighted by molar-refractivity contribution is 9.09. The van der Waals surface area contributed by atoms with Crippen molar-refractivity contribution in [2.75, 3.05) is 5.33 Å². The molecule has 0 bridgehead atoms. The Morgan fingerprint density at radius 3 is 2.87 bits per heavy atom. The normalized spacial score (nSPS) is 12.8. The molecular formula is C9H15BrN4O. The fourth-order valence-electron chi connectivity index (χ4n) is 1.30. The zero-order valence-electron chi connectivity index (χ0n) is 8.83. The first-order chi connectivity index (χ1) is 7.13. The molecular weight excluding hydrogens is 260 g/mol. The molecule has 0 aliphatic rings. The predicted octanol–water partition coefficient (Wildman–Crippen LogP) is 1.34. The number of alkyl halides is 1. The van der Waals surface area contributed by atoms with Gasteiger partial charge in [-0.2, -0.15) is 15.4 Å². The quantitative estimate of drug-likeness (QED) is 0.797. The van der Waals surface area contributed by atoms with Gasteiger partial charge in [-0.25, -0.2) is 0 Å². The summed E-state index contributed by atoms with van der Waals surface area (Å²) in [7, 11) is 0. The van der Waals surface area contributed by atoms with Crippen LogP contribution in [-0.4, -0.2) is 32.7 Å². The Kier molecular flexibility index (Phi) is 4.74. The van der Waals surface area contributed by atoms with Crippen LogP contribution in [0.5, 0.6) is 0 Å². The van der Waals surface area contributed by atoms with Crippen LogP contribution >= 0.6 is 15.9 Å². The molecule has 1 amide bonds. The lowest BCUT2D eigenvalue weighted by atomic mass is 10.1. The van der Waals surface area contributed by atoms with E-state index in [0.717, 1.165) is 11.8 Å². The molecule has 0 fully saturated rings. The third kappa shape index (κ3) is 3.99. The minimum absolute atomic E-state index is 0.134. The average Bonchev–Trinajstić information content (AvgIpc) is 2.68. The summed E-state index contributed by atoms with van der Waals surface area (Å²) in [4.78, 5) is 11.6. The van der Waals surface area contributed by atoms with Crippen molar-refractivity contribution in [2.24, 2.45) is 5.92 Å². The van der Waals surface area contributed by atoms with Crippen LogP contribution in [0.3, 0.4) is 0 Å². The minimum atomic E-state index is -0.186. The summed E-state index contributed by atoms with van der Waals surface area (Å²) in [5.41, 5.74) is 0.324. The smallest absolute Gasteiger partial charge is 0.273 e. The molecule has 15 heavy (non-hydrogen) atoms. The summed E-state index contributed by atoms with van der Waals surface area (Å²) in [6, 6.07) is 0.134. The van der Waals surface area contributed by atoms with E-state index in [4.69, 9.17) is 0 Å². The number of amides is 1. The monoisotopic (exact) mass is 274 g/mol. The van der Waals surface area contributed by atoms with Crippen molar-refractivity contribution in [1.29, 1.82) is 0 Å². The van der Waals surface area contributed by atoms with Crippen LogP contribution in [0.25, 0.3) is 0 Å². The van der Waals surface area contributed by atoms with Crippen LogP contribution in [-0.2, 0) is 0 Å². The molecule has 1 unspecified atom stereocenters. The van der Waals surface area contributed by atoms with Gasteiger partial charge >= 0.3 is 0 Å². The van der Waals surface area contributed by atoms with Gasteiger partial charge in [-0.3, -0.25) is 4.79 Å². The number of nitrogens with one attached hydrogen (secondary N) is 2. The van der Waals surface area contributed by atoms with Crippen molar-refractivity contribution in [2.45, 2.75) is 26.3 Å². The van der Waals surface area contributed by atoms with Crippen molar-refractivity contribution in [1.82, 2.24) is 20.7 Å². The summed E-state index contributed by atoms with van der Waals surface area (Å²) in [5.74, 6) is 0.360. The van der Waals surface area contributed by atoms with E-state index in [1.807, 2.05) is 0 Å². The van der Waals surface area contributed by atoms with Crippen LogP contribution in [0.4, 0.5) is 0 Å². The fourth-order valence-corrected chi connectivity index (χ4v) is 1.73. The summed E-state index contributed by atoms with van der Waals surface area (Å²) in [5, 5.41) is 13.4. The Balaban J connectivity index is 2.48. The van der Waals surface area contributed by atoms with Crippen molar-refractivity contribution in [3.63, 3.8) is 0 Å². The van der Waals surface area contributed by atoms with Gasteiger partial charge < -0.3 is 5.32 Å². The largest absolute Gasteiger partial charge is 0.347 e. The molecule has 0 radical (unpaired) electrons. The van der Waals surface area contributed by atoms with Crippen LogP contribution in [0.1, 0.15) is 30.8 Å². The average molecular weight is 275 g/mol. The molecule has 0 spiro atoms. The number of aromatic nitrogens is 3. The fraction of sp³-hybridized carbons (Fsp3) is 0.667. The second-order valence-corrected chi connectivity index (χ2v) is 4.46. The molecule has 0 aliphatic carbocycles. The third-order valence-corrected chi connectivity index (χ3v) is 2.71. The first-order valence-corrected chi connectivity index (χ1v) is 5.98. The van der Waals surface area contributed by atoms with Gasteiger partial charge in [0.1, 0.15) is 0 Å². The Morgan fingerprint density at radius 1 is 1.67 bits per heavy atom. The van der Waals surface area contributed by atoms with Crippen molar-refractivity contribution < 1.29 is 4.79 Å². The molecule has 1 aromatic heterocycles. The maximum atomic E-state index is 11.6. The van der Waals surface area contributed by atoms with Crippen LogP contribution < -0.4 is 5.32 Å². The molecule has 0 saturated heterocycles. The molecule has 6 heteroatoms. The van der Waals surface area contributed by atoms with E-state index >= 15 is 0 Å². The van der Waals surface area contributed by atoms with E-state index in [1.54, 1.807) is 0 Å². The van der Waals surface area contributed by atoms with Crippen molar-refractivity contribution in [3.05, 3.63) is 11.9 Å². The highest BCUT2D eigenvalue weighted by Crippen LogP contribution is 2.07. The number of hydrogen-bond donors (Lipinski definition) is 2. The SMILES string of the molecule is CC(C)CC(CBr)NC(=O)c1cn[nH]n1. The molecule has 1 atom stereocenters. The number of hydrogen-bond acceptors (Lipinski definition) is 3. The highest BCUT2D eigenvalue weighted by Gasteiger charge is 2.15. The Hall–Kier alpha value is -0.910. The number of nitrogens with zero attached hydrogens (tertiary/aromatic N) is 2. The molecule has 1 aromatic rings. The van der Waals surface area contributed by atoms with Crippen LogP contribution in [0, 0.1) is 5.92 Å². The number of carbonyl (C=O) groups is 1. The van der Waals surface area contributed by atoms with Gasteiger partial charge in [0, 0.05) is 11.4 Å². The molecule has 5 nitrogen and oxygen atoms in total. The summed E-state index contributed by atoms with van der Waals surface area (Å²) in [6.07, 6.45) is 2.35. The lowest BCUT2D eigenvalue weighted by Crippen LogP contribution is -2.37. The number of carbonyl (C=O) groups excluding carboxylic acids is 1. The Labute approximate surface area is 97.2 Å². The van der Waals surface area contributed by atoms with E-state index in [1.165, 1.54) is 6.20 Å². The van der Waals surface area contributed by atoms with Crippen molar-refractivity contribution in [3.8, 4) is 0 Å². The van der Waals surface area contributed by atoms with E-state index < -0.39 is 0 Å². The Morgan fingerprint density at radius 2 is 2.40 bits per heavy atom. The summed E-state index contributed by atoms with van der Waals surface area (Å²) < 4.78 is 0. The molecule has 1 heterocycles. The number of H-pyrrole nitrogens is 1. The number of aromatic amines is 1. The van der Waals surface area contributed by atoms with Gasteiger partial charge in [0.15, 0.2) is 5.69 Å². The zero-order valence-corrected chi connectivity index (χ0v) is 10.4. The van der Waals surface area contributed by atoms with Gasteiger partial charge in [-0.15, -0.1) is 0 Å². The van der Waals surface area contributed by atoms with Gasteiger partial charge in [0.2, 0.25) is 0 Å². The third-order valence-electron chi connectivity index (χ3n) is 1.93. The minimum Gasteiger partial charge on any atom is -0.347 e. The molecule has 1 rings (SSSR count). The topological polar surface area (TPSA) is 70.7 Å². The van der Waals surface area contributed by atoms with Gasteiger partial charge in [0.05, 0.1) is 6.20 Å². The Bertz CT molecular complexity index is 299. The van der Waals surface area contributed by atoms with Crippen LogP contribution in [0.15, 0.2) is 6.20 Å². The molecule has 0 aliphatic heterocycles. The maximum absolute atomic E-state index is 11.6. The second-order valence-electron chi connectivity index (χ2n) is 3.81. The molecule has 0 aromatic carbocycles. The molecule has 2 N–H and O–H groups in total. The lowest BCUT2D eigenvalue weighted by Gasteiger charge is -2.17. The van der Waals surface area contributed by atoms with Crippen LogP contribution in [0.2, 0.25) is 0 Å². The predicted molar refractivity (Wildman–Crippen MR) is 60.9 cm³/mol. The van der Waals surface area contributed by atoms with E-state index in [9.17, 15) is 4.79 Å². The number of halogens is 1. The van der Waals surface area contributed by atoms with Gasteiger partial charge in [0.25, 0.3) is 5.91 Å². The first kappa shape index (κ1) is 12.2. The van der Waals surface area contributed by atoms with Gasteiger partial charge in [-0.1, -0.05) is 29.8 Å². The highest BCUT2D eigenvalue weighted by atomic mass is 79.9. The first-order valence-electron chi connectivity index (χ1n) is 4.86. The number of rotatable bonds is 5. The van der Waals surface area contributed by atoms with Gasteiger partial charge in [-0.05, 0) is 12.3 Å². The van der Waals surface area contributed by atoms with E-state index in [2.05, 4.69) is 50.5 Å². The maximum Gasteiger partial charge on any atom is 0.273 e. The standard InChI is InChI=1S/C9H15BrN4O/c1-6(2)3-7(4-10)12-9(15)8-5-11-14-13-8/h5-7H,3-4H2,1-2H3,(H,12,15)(H,11,13,14). The zero-order chi connectivity index (χ0) is 11.3. The van der Waals surface area contributed by atoms with E-state index in [-0.39, 0.29) is 11.9 Å².